The van der Waals surface area contributed by atoms with Gasteiger partial charge in [0.05, 0.1) is 17.1 Å². The second-order valence-corrected chi connectivity index (χ2v) is 6.03. The number of benzene rings is 2. The van der Waals surface area contributed by atoms with Crippen molar-refractivity contribution in [3.8, 4) is 5.75 Å². The van der Waals surface area contributed by atoms with Gasteiger partial charge in [0.15, 0.2) is 6.17 Å². The summed E-state index contributed by atoms with van der Waals surface area (Å²) >= 11 is 6.06. The first-order chi connectivity index (χ1) is 13.4. The van der Waals surface area contributed by atoms with Crippen molar-refractivity contribution >= 4 is 30.3 Å². The van der Waals surface area contributed by atoms with Crippen LogP contribution in [0.2, 0.25) is 5.02 Å². The maximum absolute atomic E-state index is 12.5. The second-order valence-electron chi connectivity index (χ2n) is 5.62. The summed E-state index contributed by atoms with van der Waals surface area (Å²) in [7, 11) is 0. The topological polar surface area (TPSA) is 119 Å². The fourth-order valence-corrected chi connectivity index (χ4v) is 2.43. The zero-order valence-electron chi connectivity index (χ0n) is 14.6. The Morgan fingerprint density at radius 1 is 1.14 bits per heavy atom. The molecule has 0 heterocycles. The van der Waals surface area contributed by atoms with Crippen molar-refractivity contribution in [2.24, 2.45) is 0 Å². The lowest BCUT2D eigenvalue weighted by Gasteiger charge is -2.25. The Bertz CT molecular complexity index is 820. The first-order valence-corrected chi connectivity index (χ1v) is 8.43. The maximum Gasteiger partial charge on any atom is 0.254 e. The van der Waals surface area contributed by atoms with E-state index >= 15 is 0 Å². The van der Waals surface area contributed by atoms with Crippen LogP contribution in [0.5, 0.6) is 5.75 Å². The van der Waals surface area contributed by atoms with Gasteiger partial charge < -0.3 is 10.1 Å². The van der Waals surface area contributed by atoms with Gasteiger partial charge in [-0.15, -0.1) is 0 Å². The van der Waals surface area contributed by atoms with Gasteiger partial charge in [-0.1, -0.05) is 41.9 Å². The summed E-state index contributed by atoms with van der Waals surface area (Å²) in [5.41, 5.74) is 0.953. The molecule has 1 unspecified atom stereocenters. The quantitative estimate of drug-likeness (QED) is 0.238. The molecule has 10 heteroatoms. The molecule has 0 aliphatic rings. The van der Waals surface area contributed by atoms with Crippen LogP contribution in [0.15, 0.2) is 48.5 Å². The summed E-state index contributed by atoms with van der Waals surface area (Å²) in [5, 5.41) is 21.5. The highest BCUT2D eigenvalue weighted by molar-refractivity contribution is 6.33. The van der Waals surface area contributed by atoms with Crippen molar-refractivity contribution in [1.29, 1.82) is 0 Å². The molecule has 3 amide bonds. The maximum atomic E-state index is 12.5. The third-order valence-corrected chi connectivity index (χ3v) is 3.97. The highest BCUT2D eigenvalue weighted by Crippen LogP contribution is 2.23. The van der Waals surface area contributed by atoms with Crippen molar-refractivity contribution < 1.29 is 29.5 Å². The molecule has 0 saturated heterocycles. The number of halogens is 1. The molecule has 148 valence electrons. The first-order valence-electron chi connectivity index (χ1n) is 8.05. The Balaban J connectivity index is 2.12. The minimum absolute atomic E-state index is 0.0184. The molecule has 0 spiro atoms. The lowest BCUT2D eigenvalue weighted by molar-refractivity contribution is -0.180. The number of ether oxygens (including phenoxy) is 1. The van der Waals surface area contributed by atoms with E-state index in [1.165, 1.54) is 12.1 Å². The van der Waals surface area contributed by atoms with Crippen LogP contribution >= 0.6 is 11.6 Å². The highest BCUT2D eigenvalue weighted by atomic mass is 35.5. The van der Waals surface area contributed by atoms with E-state index in [0.717, 1.165) is 5.56 Å². The number of carbonyl (C=O) groups excluding carboxylic acids is 3. The van der Waals surface area contributed by atoms with Crippen LogP contribution in [0.4, 0.5) is 0 Å². The molecule has 0 aliphatic heterocycles. The van der Waals surface area contributed by atoms with Crippen molar-refractivity contribution in [2.75, 3.05) is 6.54 Å². The van der Waals surface area contributed by atoms with Gasteiger partial charge in [0.2, 0.25) is 12.8 Å². The van der Waals surface area contributed by atoms with E-state index in [-0.39, 0.29) is 40.1 Å². The molecule has 2 aromatic rings. The van der Waals surface area contributed by atoms with E-state index in [0.29, 0.717) is 5.75 Å². The molecule has 0 aliphatic carbocycles. The molecule has 0 fully saturated rings. The number of nitrogens with zero attached hydrogens (tertiary/aromatic N) is 2. The molecule has 2 aromatic carbocycles. The van der Waals surface area contributed by atoms with Crippen molar-refractivity contribution in [1.82, 2.24) is 15.4 Å². The van der Waals surface area contributed by atoms with E-state index in [2.05, 4.69) is 5.32 Å². The molecular formula is C18H18ClN3O6. The predicted octanol–water partition coefficient (Wildman–Crippen LogP) is 1.67. The fraction of sp³-hybridized carbons (Fsp3) is 0.167. The Morgan fingerprint density at radius 3 is 2.50 bits per heavy atom. The summed E-state index contributed by atoms with van der Waals surface area (Å²) in [5.74, 6) is -0.372. The Hall–Kier alpha value is -3.14. The van der Waals surface area contributed by atoms with Gasteiger partial charge in [-0.25, -0.2) is 10.1 Å². The molecule has 28 heavy (non-hydrogen) atoms. The molecular weight excluding hydrogens is 390 g/mol. The minimum Gasteiger partial charge on any atom is -0.489 e. The van der Waals surface area contributed by atoms with E-state index in [1.54, 1.807) is 6.07 Å². The molecule has 3 N–H and O–H groups in total. The number of carbonyl (C=O) groups is 3. The highest BCUT2D eigenvalue weighted by Gasteiger charge is 2.22. The van der Waals surface area contributed by atoms with Gasteiger partial charge in [-0.3, -0.25) is 24.8 Å². The summed E-state index contributed by atoms with van der Waals surface area (Å²) in [6.45, 7) is -0.285. The number of hydroxylamine groups is 4. The van der Waals surface area contributed by atoms with E-state index in [9.17, 15) is 24.8 Å². The van der Waals surface area contributed by atoms with Gasteiger partial charge in [-0.05, 0) is 23.8 Å². The normalized spacial score (nSPS) is 11.2. The summed E-state index contributed by atoms with van der Waals surface area (Å²) in [6, 6.07) is 13.8. The van der Waals surface area contributed by atoms with Crippen LogP contribution in [0, 0.1) is 0 Å². The zero-order chi connectivity index (χ0) is 20.5. The summed E-state index contributed by atoms with van der Waals surface area (Å²) in [6.07, 6.45) is -1.32. The van der Waals surface area contributed by atoms with Gasteiger partial charge in [0, 0.05) is 0 Å². The lowest BCUT2D eigenvalue weighted by Crippen LogP contribution is -2.52. The van der Waals surface area contributed by atoms with Crippen LogP contribution in [-0.2, 0) is 16.2 Å². The second kappa shape index (κ2) is 10.3. The van der Waals surface area contributed by atoms with Gasteiger partial charge in [0.1, 0.15) is 12.4 Å². The van der Waals surface area contributed by atoms with Crippen LogP contribution in [-0.4, -0.2) is 52.0 Å². The SMILES string of the molecule is O=CN(O)CC(NC(=O)c1cc(OCc2ccccc2)ccc1Cl)N(O)C=O. The largest absolute Gasteiger partial charge is 0.489 e. The van der Waals surface area contributed by atoms with Crippen LogP contribution < -0.4 is 10.1 Å². The van der Waals surface area contributed by atoms with Gasteiger partial charge in [0.25, 0.3) is 5.91 Å². The van der Waals surface area contributed by atoms with Crippen molar-refractivity contribution in [2.45, 2.75) is 12.8 Å². The number of rotatable bonds is 10. The Morgan fingerprint density at radius 2 is 1.86 bits per heavy atom. The molecule has 0 bridgehead atoms. The molecule has 0 saturated carbocycles. The zero-order valence-corrected chi connectivity index (χ0v) is 15.3. The number of amides is 3. The first kappa shape index (κ1) is 21.2. The van der Waals surface area contributed by atoms with E-state index in [4.69, 9.17) is 16.3 Å². The van der Waals surface area contributed by atoms with E-state index in [1.807, 2.05) is 30.3 Å². The third-order valence-electron chi connectivity index (χ3n) is 3.64. The Kier molecular flexibility index (Phi) is 7.76. The van der Waals surface area contributed by atoms with Crippen LogP contribution in [0.1, 0.15) is 15.9 Å². The summed E-state index contributed by atoms with van der Waals surface area (Å²) in [4.78, 5) is 33.8. The summed E-state index contributed by atoms with van der Waals surface area (Å²) < 4.78 is 5.64. The van der Waals surface area contributed by atoms with E-state index < -0.39 is 18.6 Å². The fourth-order valence-electron chi connectivity index (χ4n) is 2.23. The molecule has 1 atom stereocenters. The van der Waals surface area contributed by atoms with Crippen molar-refractivity contribution in [3.63, 3.8) is 0 Å². The smallest absolute Gasteiger partial charge is 0.254 e. The molecule has 9 nitrogen and oxygen atoms in total. The number of hydrogen-bond donors (Lipinski definition) is 3. The monoisotopic (exact) mass is 407 g/mol. The third kappa shape index (κ3) is 5.95. The molecule has 0 radical (unpaired) electrons. The average Bonchev–Trinajstić information content (AvgIpc) is 2.72. The molecule has 2 rings (SSSR count). The average molecular weight is 408 g/mol. The van der Waals surface area contributed by atoms with Gasteiger partial charge >= 0.3 is 0 Å². The number of hydrogen-bond acceptors (Lipinski definition) is 6. The number of nitrogens with one attached hydrogen (secondary N) is 1. The minimum atomic E-state index is -1.40. The Labute approximate surface area is 165 Å². The van der Waals surface area contributed by atoms with Crippen LogP contribution in [0.25, 0.3) is 0 Å². The molecule has 0 aromatic heterocycles. The van der Waals surface area contributed by atoms with Crippen LogP contribution in [0.3, 0.4) is 0 Å². The predicted molar refractivity (Wildman–Crippen MR) is 97.7 cm³/mol. The van der Waals surface area contributed by atoms with Crippen molar-refractivity contribution in [3.05, 3.63) is 64.7 Å². The lowest BCUT2D eigenvalue weighted by atomic mass is 10.2. The standard InChI is InChI=1S/C18H18ClN3O6/c19-16-7-6-14(28-10-13-4-2-1-3-5-13)8-15(16)18(25)20-17(22(27)12-24)9-21(26)11-23/h1-8,11-12,17,26-27H,9-10H2,(H,20,25). The van der Waals surface area contributed by atoms with Gasteiger partial charge in [-0.2, -0.15) is 0 Å².